The zero-order valence-electron chi connectivity index (χ0n) is 13.9. The van der Waals surface area contributed by atoms with Gasteiger partial charge in [-0.1, -0.05) is 42.5 Å². The van der Waals surface area contributed by atoms with Crippen LogP contribution in [0.4, 0.5) is 0 Å². The summed E-state index contributed by atoms with van der Waals surface area (Å²) in [6, 6.07) is 17.9. The second-order valence-electron chi connectivity index (χ2n) is 6.21. The number of aliphatic hydroxyl groups is 1. The van der Waals surface area contributed by atoms with Crippen molar-refractivity contribution in [2.45, 2.75) is 31.4 Å². The third-order valence-electron chi connectivity index (χ3n) is 4.22. The van der Waals surface area contributed by atoms with E-state index in [1.54, 1.807) is 24.3 Å². The second kappa shape index (κ2) is 8.97. The zero-order valence-corrected chi connectivity index (χ0v) is 13.9. The molecule has 0 heterocycles. The maximum atomic E-state index is 11.6. The summed E-state index contributed by atoms with van der Waals surface area (Å²) in [6.45, 7) is 0. The summed E-state index contributed by atoms with van der Waals surface area (Å²) in [5.74, 6) is -1.74. The average Bonchev–Trinajstić information content (AvgIpc) is 2.62. The minimum absolute atomic E-state index is 0.0696. The number of rotatable bonds is 8. The van der Waals surface area contributed by atoms with E-state index in [0.29, 0.717) is 12.0 Å². The van der Waals surface area contributed by atoms with Gasteiger partial charge in [-0.05, 0) is 42.5 Å². The Balaban J connectivity index is 2.00. The van der Waals surface area contributed by atoms with Crippen molar-refractivity contribution in [2.24, 2.45) is 11.7 Å². The molecule has 2 aromatic carbocycles. The minimum atomic E-state index is -0.978. The van der Waals surface area contributed by atoms with Gasteiger partial charge in [0, 0.05) is 6.04 Å². The van der Waals surface area contributed by atoms with Crippen molar-refractivity contribution >= 4 is 5.97 Å². The molecule has 0 radical (unpaired) electrons. The summed E-state index contributed by atoms with van der Waals surface area (Å²) in [5, 5.41) is 28.7. The number of carboxylic acid groups (broad SMARTS) is 1. The fourth-order valence-electron chi connectivity index (χ4n) is 2.81. The number of nitrogens with zero attached hydrogens (tertiary/aromatic N) is 1. The van der Waals surface area contributed by atoms with Crippen molar-refractivity contribution in [3.05, 3.63) is 71.3 Å². The summed E-state index contributed by atoms with van der Waals surface area (Å²) in [4.78, 5) is 11.6. The van der Waals surface area contributed by atoms with Crippen LogP contribution in [0.2, 0.25) is 0 Å². The van der Waals surface area contributed by atoms with Gasteiger partial charge in [-0.2, -0.15) is 5.26 Å². The van der Waals surface area contributed by atoms with Gasteiger partial charge in [0.05, 0.1) is 23.7 Å². The zero-order chi connectivity index (χ0) is 18.2. The highest BCUT2D eigenvalue weighted by Crippen LogP contribution is 2.18. The lowest BCUT2D eigenvalue weighted by molar-refractivity contribution is -0.142. The molecule has 2 aromatic rings. The van der Waals surface area contributed by atoms with E-state index < -0.39 is 24.0 Å². The minimum Gasteiger partial charge on any atom is -0.481 e. The largest absolute Gasteiger partial charge is 0.481 e. The maximum Gasteiger partial charge on any atom is 0.306 e. The van der Waals surface area contributed by atoms with Gasteiger partial charge in [0.1, 0.15) is 0 Å². The molecule has 25 heavy (non-hydrogen) atoms. The lowest BCUT2D eigenvalue weighted by Crippen LogP contribution is -2.39. The Labute approximate surface area is 147 Å². The van der Waals surface area contributed by atoms with Crippen LogP contribution in [0.25, 0.3) is 0 Å². The van der Waals surface area contributed by atoms with Crippen LogP contribution < -0.4 is 5.73 Å². The fraction of sp³-hybridized carbons (Fsp3) is 0.300. The van der Waals surface area contributed by atoms with Crippen molar-refractivity contribution < 1.29 is 15.0 Å². The normalized spacial score (nSPS) is 14.3. The van der Waals surface area contributed by atoms with Crippen LogP contribution in [0.5, 0.6) is 0 Å². The van der Waals surface area contributed by atoms with Crippen molar-refractivity contribution in [3.8, 4) is 6.07 Å². The van der Waals surface area contributed by atoms with E-state index in [9.17, 15) is 15.0 Å². The molecule has 0 aromatic heterocycles. The van der Waals surface area contributed by atoms with Crippen molar-refractivity contribution in [1.82, 2.24) is 0 Å². The first-order chi connectivity index (χ1) is 12.0. The lowest BCUT2D eigenvalue weighted by Gasteiger charge is -2.22. The van der Waals surface area contributed by atoms with Gasteiger partial charge < -0.3 is 15.9 Å². The molecule has 0 amide bonds. The highest BCUT2D eigenvalue weighted by molar-refractivity contribution is 5.70. The number of benzene rings is 2. The number of hydrogen-bond donors (Lipinski definition) is 3. The van der Waals surface area contributed by atoms with Crippen LogP contribution >= 0.6 is 0 Å². The Morgan fingerprint density at radius 1 is 1.08 bits per heavy atom. The molecule has 0 saturated carbocycles. The summed E-state index contributed by atoms with van der Waals surface area (Å²) in [7, 11) is 0. The Morgan fingerprint density at radius 3 is 2.40 bits per heavy atom. The third kappa shape index (κ3) is 5.71. The quantitative estimate of drug-likeness (QED) is 0.683. The van der Waals surface area contributed by atoms with Crippen molar-refractivity contribution in [2.75, 3.05) is 0 Å². The standard InChI is InChI=1S/C20H22N2O3/c21-13-16-8-4-7-15(9-16)10-17(20(24)25)12-19(23)18(22)11-14-5-2-1-3-6-14/h1-9,17-19,23H,10-12,22H2,(H,24,25)/t17-,18+,19+/m1/s1. The molecule has 0 unspecified atom stereocenters. The molecule has 4 N–H and O–H groups in total. The predicted octanol–water partition coefficient (Wildman–Crippen LogP) is 2.12. The molecule has 0 spiro atoms. The average molecular weight is 338 g/mol. The van der Waals surface area contributed by atoms with Crippen LogP contribution in [0.3, 0.4) is 0 Å². The van der Waals surface area contributed by atoms with Gasteiger partial charge in [0.25, 0.3) is 0 Å². The Hall–Kier alpha value is -2.68. The summed E-state index contributed by atoms with van der Waals surface area (Å²) < 4.78 is 0. The van der Waals surface area contributed by atoms with Crippen molar-refractivity contribution in [3.63, 3.8) is 0 Å². The molecular weight excluding hydrogens is 316 g/mol. The number of aliphatic hydroxyl groups excluding tert-OH is 1. The summed E-state index contributed by atoms with van der Waals surface area (Å²) in [5.41, 5.74) is 8.30. The molecule has 0 aliphatic rings. The second-order valence-corrected chi connectivity index (χ2v) is 6.21. The molecule has 130 valence electrons. The number of nitrogens with two attached hydrogens (primary N) is 1. The fourth-order valence-corrected chi connectivity index (χ4v) is 2.81. The van der Waals surface area contributed by atoms with Gasteiger partial charge in [-0.15, -0.1) is 0 Å². The van der Waals surface area contributed by atoms with E-state index in [-0.39, 0.29) is 12.8 Å². The molecular formula is C20H22N2O3. The molecule has 0 aliphatic carbocycles. The first-order valence-electron chi connectivity index (χ1n) is 8.19. The van der Waals surface area contributed by atoms with E-state index in [1.807, 2.05) is 36.4 Å². The number of aliphatic carboxylic acids is 1. The Kier molecular flexibility index (Phi) is 6.70. The molecule has 0 saturated heterocycles. The summed E-state index contributed by atoms with van der Waals surface area (Å²) >= 11 is 0. The SMILES string of the molecule is N#Cc1cccc(C[C@H](C[C@H](O)[C@@H](N)Cc2ccccc2)C(=O)O)c1. The van der Waals surface area contributed by atoms with E-state index in [4.69, 9.17) is 11.0 Å². The van der Waals surface area contributed by atoms with Crippen molar-refractivity contribution in [1.29, 1.82) is 5.26 Å². The molecule has 0 aliphatic heterocycles. The monoisotopic (exact) mass is 338 g/mol. The van der Waals surface area contributed by atoms with Gasteiger partial charge in [0.2, 0.25) is 0 Å². The Morgan fingerprint density at radius 2 is 1.76 bits per heavy atom. The van der Waals surface area contributed by atoms with Crippen LogP contribution in [0, 0.1) is 17.2 Å². The third-order valence-corrected chi connectivity index (χ3v) is 4.22. The summed E-state index contributed by atoms with van der Waals surface area (Å²) in [6.07, 6.45) is -0.112. The number of carbonyl (C=O) groups is 1. The molecule has 3 atom stereocenters. The van der Waals surface area contributed by atoms with Gasteiger partial charge in [-0.3, -0.25) is 4.79 Å². The van der Waals surface area contributed by atoms with E-state index in [0.717, 1.165) is 11.1 Å². The first-order valence-corrected chi connectivity index (χ1v) is 8.19. The lowest BCUT2D eigenvalue weighted by atomic mass is 9.89. The number of carboxylic acids is 1. The van der Waals surface area contributed by atoms with Gasteiger partial charge >= 0.3 is 5.97 Å². The van der Waals surface area contributed by atoms with Crippen LogP contribution in [0.15, 0.2) is 54.6 Å². The molecule has 5 nitrogen and oxygen atoms in total. The molecule has 5 heteroatoms. The molecule has 0 fully saturated rings. The van der Waals surface area contributed by atoms with Crippen LogP contribution in [0.1, 0.15) is 23.1 Å². The molecule has 2 rings (SSSR count). The van der Waals surface area contributed by atoms with E-state index in [1.165, 1.54) is 0 Å². The van der Waals surface area contributed by atoms with Crippen LogP contribution in [-0.2, 0) is 17.6 Å². The molecule has 0 bridgehead atoms. The van der Waals surface area contributed by atoms with E-state index >= 15 is 0 Å². The highest BCUT2D eigenvalue weighted by Gasteiger charge is 2.25. The topological polar surface area (TPSA) is 107 Å². The highest BCUT2D eigenvalue weighted by atomic mass is 16.4. The number of nitriles is 1. The smallest absolute Gasteiger partial charge is 0.306 e. The van der Waals surface area contributed by atoms with Gasteiger partial charge in [-0.25, -0.2) is 0 Å². The van der Waals surface area contributed by atoms with E-state index in [2.05, 4.69) is 0 Å². The Bertz CT molecular complexity index is 740. The maximum absolute atomic E-state index is 11.6. The van der Waals surface area contributed by atoms with Crippen LogP contribution in [-0.4, -0.2) is 28.3 Å². The number of hydrogen-bond acceptors (Lipinski definition) is 4. The first kappa shape index (κ1) is 18.7. The van der Waals surface area contributed by atoms with Gasteiger partial charge in [0.15, 0.2) is 0 Å². The predicted molar refractivity (Wildman–Crippen MR) is 94.7 cm³/mol.